The molecule has 1 saturated heterocycles. The minimum Gasteiger partial charge on any atom is -0.356 e. The smallest absolute Gasteiger partial charge is 0.222 e. The molecule has 100 valence electrons. The molecule has 1 amide bonds. The van der Waals surface area contributed by atoms with Gasteiger partial charge in [-0.3, -0.25) is 4.79 Å². The van der Waals surface area contributed by atoms with Gasteiger partial charge in [-0.05, 0) is 19.3 Å². The molecule has 1 fully saturated rings. The minimum atomic E-state index is -3.02. The molecule has 0 unspecified atom stereocenters. The normalized spacial score (nSPS) is 20.4. The summed E-state index contributed by atoms with van der Waals surface area (Å²) in [5.41, 5.74) is 0. The summed E-state index contributed by atoms with van der Waals surface area (Å²) >= 11 is 0. The molecule has 0 atom stereocenters. The van der Waals surface area contributed by atoms with Crippen LogP contribution in [0.4, 0.5) is 0 Å². The number of nitrogens with one attached hydrogen (secondary N) is 1. The standard InChI is InChI=1S/C11H22N2O3S/c1-10(2)11(14)12-6-5-8-13-7-3-4-9-17(13,15)16/h10H,3-9H2,1-2H3,(H,12,14). The number of hydrogen-bond acceptors (Lipinski definition) is 3. The zero-order chi connectivity index (χ0) is 12.9. The van der Waals surface area contributed by atoms with E-state index in [1.165, 1.54) is 4.31 Å². The first-order valence-corrected chi connectivity index (χ1v) is 7.80. The summed E-state index contributed by atoms with van der Waals surface area (Å²) in [6, 6.07) is 0. The lowest BCUT2D eigenvalue weighted by molar-refractivity contribution is -0.123. The Balaban J connectivity index is 2.24. The zero-order valence-corrected chi connectivity index (χ0v) is 11.4. The zero-order valence-electron chi connectivity index (χ0n) is 10.6. The van der Waals surface area contributed by atoms with Gasteiger partial charge in [-0.15, -0.1) is 0 Å². The van der Waals surface area contributed by atoms with Crippen LogP contribution in [0.5, 0.6) is 0 Å². The average Bonchev–Trinajstić information content (AvgIpc) is 2.25. The van der Waals surface area contributed by atoms with E-state index in [9.17, 15) is 13.2 Å². The lowest BCUT2D eigenvalue weighted by Gasteiger charge is -2.26. The van der Waals surface area contributed by atoms with Gasteiger partial charge in [0.2, 0.25) is 15.9 Å². The molecular weight excluding hydrogens is 240 g/mol. The van der Waals surface area contributed by atoms with Crippen molar-refractivity contribution < 1.29 is 13.2 Å². The van der Waals surface area contributed by atoms with E-state index in [1.807, 2.05) is 13.8 Å². The van der Waals surface area contributed by atoms with Crippen molar-refractivity contribution in [3.05, 3.63) is 0 Å². The van der Waals surface area contributed by atoms with Crippen LogP contribution in [0.25, 0.3) is 0 Å². The van der Waals surface area contributed by atoms with Crippen molar-refractivity contribution in [1.82, 2.24) is 9.62 Å². The Hall–Kier alpha value is -0.620. The number of amides is 1. The molecule has 0 aromatic heterocycles. The van der Waals surface area contributed by atoms with Crippen molar-refractivity contribution >= 4 is 15.9 Å². The quantitative estimate of drug-likeness (QED) is 0.737. The Morgan fingerprint density at radius 2 is 2.06 bits per heavy atom. The largest absolute Gasteiger partial charge is 0.356 e. The van der Waals surface area contributed by atoms with Gasteiger partial charge in [0.25, 0.3) is 0 Å². The lowest BCUT2D eigenvalue weighted by atomic mass is 10.2. The Kier molecular flexibility index (Phi) is 5.39. The van der Waals surface area contributed by atoms with E-state index in [-0.39, 0.29) is 17.6 Å². The van der Waals surface area contributed by atoms with Crippen molar-refractivity contribution in [2.24, 2.45) is 5.92 Å². The minimum absolute atomic E-state index is 0.0197. The van der Waals surface area contributed by atoms with Crippen LogP contribution >= 0.6 is 0 Å². The summed E-state index contributed by atoms with van der Waals surface area (Å²) in [7, 11) is -3.02. The van der Waals surface area contributed by atoms with Gasteiger partial charge < -0.3 is 5.32 Å². The van der Waals surface area contributed by atoms with Crippen LogP contribution < -0.4 is 5.32 Å². The third-order valence-corrected chi connectivity index (χ3v) is 4.82. The second kappa shape index (κ2) is 6.35. The fourth-order valence-corrected chi connectivity index (χ4v) is 3.40. The fraction of sp³-hybridized carbons (Fsp3) is 0.909. The van der Waals surface area contributed by atoms with Crippen LogP contribution in [0.15, 0.2) is 0 Å². The molecule has 0 saturated carbocycles. The van der Waals surface area contributed by atoms with Gasteiger partial charge in [-0.25, -0.2) is 12.7 Å². The fourth-order valence-electron chi connectivity index (χ4n) is 1.76. The molecule has 0 aliphatic carbocycles. The highest BCUT2D eigenvalue weighted by Crippen LogP contribution is 2.13. The monoisotopic (exact) mass is 262 g/mol. The maximum absolute atomic E-state index is 11.7. The van der Waals surface area contributed by atoms with Crippen LogP contribution in [0.2, 0.25) is 0 Å². The van der Waals surface area contributed by atoms with Gasteiger partial charge in [0.15, 0.2) is 0 Å². The first-order chi connectivity index (χ1) is 7.93. The van der Waals surface area contributed by atoms with Crippen LogP contribution in [0, 0.1) is 5.92 Å². The van der Waals surface area contributed by atoms with Gasteiger partial charge >= 0.3 is 0 Å². The summed E-state index contributed by atoms with van der Waals surface area (Å²) in [4.78, 5) is 11.3. The number of rotatable bonds is 5. The maximum atomic E-state index is 11.7. The molecule has 0 radical (unpaired) electrons. The molecular formula is C11H22N2O3S. The van der Waals surface area contributed by atoms with Gasteiger partial charge in [-0.2, -0.15) is 0 Å². The van der Waals surface area contributed by atoms with E-state index in [0.29, 0.717) is 26.1 Å². The van der Waals surface area contributed by atoms with Gasteiger partial charge in [-0.1, -0.05) is 13.8 Å². The van der Waals surface area contributed by atoms with E-state index >= 15 is 0 Å². The maximum Gasteiger partial charge on any atom is 0.222 e. The van der Waals surface area contributed by atoms with Crippen LogP contribution in [0.1, 0.15) is 33.1 Å². The molecule has 6 heteroatoms. The molecule has 0 spiro atoms. The summed E-state index contributed by atoms with van der Waals surface area (Å²) in [6.07, 6.45) is 2.39. The Bertz CT molecular complexity index is 352. The molecule has 1 rings (SSSR count). The number of carbonyl (C=O) groups excluding carboxylic acids is 1. The van der Waals surface area contributed by atoms with E-state index in [0.717, 1.165) is 12.8 Å². The first kappa shape index (κ1) is 14.4. The van der Waals surface area contributed by atoms with Crippen LogP contribution in [-0.4, -0.2) is 44.0 Å². The van der Waals surface area contributed by atoms with E-state index in [2.05, 4.69) is 5.32 Å². The van der Waals surface area contributed by atoms with Crippen molar-refractivity contribution in [1.29, 1.82) is 0 Å². The molecule has 1 aliphatic heterocycles. The SMILES string of the molecule is CC(C)C(=O)NCCCN1CCCCS1(=O)=O. The Morgan fingerprint density at radius 3 is 2.65 bits per heavy atom. The molecule has 17 heavy (non-hydrogen) atoms. The molecule has 0 aromatic carbocycles. The predicted molar refractivity (Wildman–Crippen MR) is 67.1 cm³/mol. The first-order valence-electron chi connectivity index (χ1n) is 6.19. The Labute approximate surface area is 104 Å². The number of carbonyl (C=O) groups is 1. The Morgan fingerprint density at radius 1 is 1.35 bits per heavy atom. The average molecular weight is 262 g/mol. The van der Waals surface area contributed by atoms with Crippen molar-refractivity contribution in [3.63, 3.8) is 0 Å². The number of hydrogen-bond donors (Lipinski definition) is 1. The highest BCUT2D eigenvalue weighted by atomic mass is 32.2. The summed E-state index contributed by atoms with van der Waals surface area (Å²) < 4.78 is 24.9. The molecule has 1 heterocycles. The highest BCUT2D eigenvalue weighted by Gasteiger charge is 2.24. The summed E-state index contributed by atoms with van der Waals surface area (Å²) in [5.74, 6) is 0.269. The van der Waals surface area contributed by atoms with Gasteiger partial charge in [0.1, 0.15) is 0 Å². The molecule has 0 bridgehead atoms. The van der Waals surface area contributed by atoms with Crippen LogP contribution in [-0.2, 0) is 14.8 Å². The van der Waals surface area contributed by atoms with E-state index in [1.54, 1.807) is 0 Å². The third kappa shape index (κ3) is 4.63. The van der Waals surface area contributed by atoms with Crippen molar-refractivity contribution in [2.45, 2.75) is 33.1 Å². The highest BCUT2D eigenvalue weighted by molar-refractivity contribution is 7.89. The van der Waals surface area contributed by atoms with Crippen molar-refractivity contribution in [2.75, 3.05) is 25.4 Å². The van der Waals surface area contributed by atoms with Crippen LogP contribution in [0.3, 0.4) is 0 Å². The molecule has 1 aliphatic rings. The lowest BCUT2D eigenvalue weighted by Crippen LogP contribution is -2.39. The van der Waals surface area contributed by atoms with Gasteiger partial charge in [0, 0.05) is 25.6 Å². The third-order valence-electron chi connectivity index (χ3n) is 2.86. The van der Waals surface area contributed by atoms with Gasteiger partial charge in [0.05, 0.1) is 5.75 Å². The van der Waals surface area contributed by atoms with Crippen molar-refractivity contribution in [3.8, 4) is 0 Å². The number of sulfonamides is 1. The summed E-state index contributed by atoms with van der Waals surface area (Å²) in [6.45, 7) is 5.36. The van der Waals surface area contributed by atoms with E-state index < -0.39 is 10.0 Å². The molecule has 5 nitrogen and oxygen atoms in total. The topological polar surface area (TPSA) is 66.5 Å². The number of nitrogens with zero attached hydrogens (tertiary/aromatic N) is 1. The molecule has 0 aromatic rings. The second-order valence-electron chi connectivity index (χ2n) is 4.72. The van der Waals surface area contributed by atoms with E-state index in [4.69, 9.17) is 0 Å². The molecule has 1 N–H and O–H groups in total. The summed E-state index contributed by atoms with van der Waals surface area (Å²) in [5, 5.41) is 2.79. The predicted octanol–water partition coefficient (Wildman–Crippen LogP) is 0.574. The second-order valence-corrected chi connectivity index (χ2v) is 6.81.